The van der Waals surface area contributed by atoms with Crippen LogP contribution < -0.4 is 22.1 Å². The van der Waals surface area contributed by atoms with E-state index in [0.29, 0.717) is 38.8 Å². The average molecular weight is 462 g/mol. The molecule has 1 heterocycles. The van der Waals surface area contributed by atoms with Crippen LogP contribution in [0.4, 0.5) is 0 Å². The first-order chi connectivity index (χ1) is 15.7. The third-order valence-corrected chi connectivity index (χ3v) is 5.78. The molecule has 1 aromatic rings. The minimum absolute atomic E-state index is 0.202. The van der Waals surface area contributed by atoms with Gasteiger partial charge >= 0.3 is 5.97 Å². The van der Waals surface area contributed by atoms with E-state index in [-0.39, 0.29) is 6.42 Å². The molecule has 10 nitrogen and oxygen atoms in total. The monoisotopic (exact) mass is 461 g/mol. The van der Waals surface area contributed by atoms with Gasteiger partial charge in [-0.15, -0.1) is 0 Å². The summed E-state index contributed by atoms with van der Waals surface area (Å²) in [5.74, 6) is -2.51. The highest BCUT2D eigenvalue weighted by molar-refractivity contribution is 5.94. The van der Waals surface area contributed by atoms with Crippen LogP contribution in [0.1, 0.15) is 44.6 Å². The maximum atomic E-state index is 13.2. The van der Waals surface area contributed by atoms with Crippen LogP contribution in [0.2, 0.25) is 0 Å². The summed E-state index contributed by atoms with van der Waals surface area (Å²) in [5.41, 5.74) is 12.2. The van der Waals surface area contributed by atoms with E-state index >= 15 is 0 Å². The van der Waals surface area contributed by atoms with Crippen LogP contribution in [0.5, 0.6) is 0 Å². The van der Waals surface area contributed by atoms with Crippen LogP contribution in [0.25, 0.3) is 0 Å². The Hall–Kier alpha value is -2.98. The number of nitrogens with zero attached hydrogens (tertiary/aromatic N) is 1. The molecule has 4 unspecified atom stereocenters. The van der Waals surface area contributed by atoms with Crippen molar-refractivity contribution in [2.75, 3.05) is 13.1 Å². The number of aliphatic carboxylic acids is 1. The zero-order valence-electron chi connectivity index (χ0n) is 19.0. The van der Waals surface area contributed by atoms with Crippen LogP contribution in [0, 0.1) is 0 Å². The number of carboxylic acid groups (broad SMARTS) is 1. The summed E-state index contributed by atoms with van der Waals surface area (Å²) in [7, 11) is 0. The summed E-state index contributed by atoms with van der Waals surface area (Å²) in [4.78, 5) is 51.2. The van der Waals surface area contributed by atoms with Gasteiger partial charge in [0.1, 0.15) is 18.1 Å². The van der Waals surface area contributed by atoms with Crippen LogP contribution in [-0.2, 0) is 25.6 Å². The molecule has 0 spiro atoms. The number of nitrogens with two attached hydrogens (primary N) is 2. The number of nitrogens with one attached hydrogen (secondary N) is 2. The van der Waals surface area contributed by atoms with Gasteiger partial charge in [0, 0.05) is 13.0 Å². The van der Waals surface area contributed by atoms with Crippen molar-refractivity contribution >= 4 is 23.7 Å². The van der Waals surface area contributed by atoms with Crippen molar-refractivity contribution in [3.63, 3.8) is 0 Å². The molecule has 7 N–H and O–H groups in total. The highest BCUT2D eigenvalue weighted by Crippen LogP contribution is 2.19. The largest absolute Gasteiger partial charge is 0.480 e. The molecule has 33 heavy (non-hydrogen) atoms. The number of unbranched alkanes of at least 4 members (excludes halogenated alkanes) is 1. The van der Waals surface area contributed by atoms with Crippen molar-refractivity contribution in [3.8, 4) is 0 Å². The molecule has 0 radical (unpaired) electrons. The van der Waals surface area contributed by atoms with Crippen molar-refractivity contribution in [1.29, 1.82) is 0 Å². The fourth-order valence-electron chi connectivity index (χ4n) is 3.86. The summed E-state index contributed by atoms with van der Waals surface area (Å²) >= 11 is 0. The van der Waals surface area contributed by atoms with E-state index in [0.717, 1.165) is 12.0 Å². The fraction of sp³-hybridized carbons (Fsp3) is 0.565. The van der Waals surface area contributed by atoms with Gasteiger partial charge in [-0.3, -0.25) is 14.4 Å². The van der Waals surface area contributed by atoms with Crippen molar-refractivity contribution < 1.29 is 24.3 Å². The average Bonchev–Trinajstić information content (AvgIpc) is 3.29. The van der Waals surface area contributed by atoms with Crippen LogP contribution in [0.3, 0.4) is 0 Å². The fourth-order valence-corrected chi connectivity index (χ4v) is 3.86. The lowest BCUT2D eigenvalue weighted by Gasteiger charge is -2.28. The minimum atomic E-state index is -1.06. The second kappa shape index (κ2) is 12.9. The Morgan fingerprint density at radius 3 is 2.45 bits per heavy atom. The molecule has 4 atom stereocenters. The summed E-state index contributed by atoms with van der Waals surface area (Å²) in [6.07, 6.45) is 3.09. The lowest BCUT2D eigenvalue weighted by molar-refractivity contribution is -0.149. The van der Waals surface area contributed by atoms with E-state index in [1.54, 1.807) is 0 Å². The van der Waals surface area contributed by atoms with Crippen molar-refractivity contribution in [2.24, 2.45) is 11.5 Å². The Labute approximate surface area is 194 Å². The summed E-state index contributed by atoms with van der Waals surface area (Å²) in [5, 5.41) is 14.7. The molecule has 0 saturated carbocycles. The molecule has 1 saturated heterocycles. The van der Waals surface area contributed by atoms with Gasteiger partial charge in [0.05, 0.1) is 6.04 Å². The van der Waals surface area contributed by atoms with Crippen molar-refractivity contribution in [3.05, 3.63) is 35.9 Å². The Kier molecular flexibility index (Phi) is 10.3. The van der Waals surface area contributed by atoms with Gasteiger partial charge in [0.2, 0.25) is 17.7 Å². The molecule has 182 valence electrons. The van der Waals surface area contributed by atoms with Gasteiger partial charge in [-0.1, -0.05) is 36.8 Å². The number of amides is 3. The Balaban J connectivity index is 2.07. The first-order valence-electron chi connectivity index (χ1n) is 11.4. The molecular weight excluding hydrogens is 426 g/mol. The second-order valence-electron chi connectivity index (χ2n) is 8.40. The Morgan fingerprint density at radius 2 is 1.82 bits per heavy atom. The molecule has 0 aliphatic carbocycles. The molecule has 1 fully saturated rings. The number of carbonyl (C=O) groups excluding carboxylic acids is 3. The third-order valence-electron chi connectivity index (χ3n) is 5.78. The molecule has 1 aromatic carbocycles. The zero-order valence-corrected chi connectivity index (χ0v) is 19.0. The van der Waals surface area contributed by atoms with Gasteiger partial charge < -0.3 is 32.1 Å². The maximum Gasteiger partial charge on any atom is 0.326 e. The maximum absolute atomic E-state index is 13.2. The topological polar surface area (TPSA) is 168 Å². The number of hydrogen-bond donors (Lipinski definition) is 5. The molecule has 0 aromatic heterocycles. The molecular formula is C23H35N5O5. The van der Waals surface area contributed by atoms with Gasteiger partial charge in [-0.2, -0.15) is 0 Å². The molecule has 10 heteroatoms. The van der Waals surface area contributed by atoms with Gasteiger partial charge in [-0.25, -0.2) is 4.79 Å². The molecule has 2 rings (SSSR count). The van der Waals surface area contributed by atoms with E-state index in [1.165, 1.54) is 11.8 Å². The van der Waals surface area contributed by atoms with E-state index in [2.05, 4.69) is 10.6 Å². The lowest BCUT2D eigenvalue weighted by Crippen LogP contribution is -2.57. The number of rotatable bonds is 12. The molecule has 3 amide bonds. The SMILES string of the molecule is CC(NC(=O)C(N)CCCCN)C(=O)NC(Cc1ccccc1)C(=O)N1CCCC1C(=O)O. The van der Waals surface area contributed by atoms with Crippen LogP contribution in [0.15, 0.2) is 30.3 Å². The summed E-state index contributed by atoms with van der Waals surface area (Å²) < 4.78 is 0. The number of hydrogen-bond acceptors (Lipinski definition) is 6. The van der Waals surface area contributed by atoms with E-state index < -0.39 is 47.9 Å². The van der Waals surface area contributed by atoms with E-state index in [1.807, 2.05) is 30.3 Å². The van der Waals surface area contributed by atoms with E-state index in [4.69, 9.17) is 11.5 Å². The summed E-state index contributed by atoms with van der Waals surface area (Å²) in [6, 6.07) is 5.61. The van der Waals surface area contributed by atoms with E-state index in [9.17, 15) is 24.3 Å². The first-order valence-corrected chi connectivity index (χ1v) is 11.4. The van der Waals surface area contributed by atoms with Crippen LogP contribution >= 0.6 is 0 Å². The second-order valence-corrected chi connectivity index (χ2v) is 8.40. The summed E-state index contributed by atoms with van der Waals surface area (Å²) in [6.45, 7) is 2.35. The quantitative estimate of drug-likeness (QED) is 0.267. The standard InChI is InChI=1S/C23H35N5O5/c1-15(26-21(30)17(25)10-5-6-12-24)20(29)27-18(14-16-8-3-2-4-9-16)22(31)28-13-7-11-19(28)23(32)33/h2-4,8-9,15,17-19H,5-7,10-14,24-25H2,1H3,(H,26,30)(H,27,29)(H,32,33). The number of carboxylic acids is 1. The first kappa shape index (κ1) is 26.3. The third kappa shape index (κ3) is 7.83. The number of benzene rings is 1. The highest BCUT2D eigenvalue weighted by Gasteiger charge is 2.38. The molecule has 0 bridgehead atoms. The Morgan fingerprint density at radius 1 is 1.12 bits per heavy atom. The van der Waals surface area contributed by atoms with Gasteiger partial charge in [0.15, 0.2) is 0 Å². The number of likely N-dealkylation sites (tertiary alicyclic amines) is 1. The normalized spacial score (nSPS) is 18.3. The lowest BCUT2D eigenvalue weighted by atomic mass is 10.0. The molecule has 1 aliphatic rings. The minimum Gasteiger partial charge on any atom is -0.480 e. The van der Waals surface area contributed by atoms with Crippen LogP contribution in [-0.4, -0.2) is 71.0 Å². The van der Waals surface area contributed by atoms with Gasteiger partial charge in [0.25, 0.3) is 0 Å². The Bertz CT molecular complexity index is 819. The zero-order chi connectivity index (χ0) is 24.4. The molecule has 1 aliphatic heterocycles. The predicted molar refractivity (Wildman–Crippen MR) is 123 cm³/mol. The van der Waals surface area contributed by atoms with Gasteiger partial charge in [-0.05, 0) is 44.7 Å². The highest BCUT2D eigenvalue weighted by atomic mass is 16.4. The van der Waals surface area contributed by atoms with Crippen molar-refractivity contribution in [2.45, 2.75) is 69.6 Å². The predicted octanol–water partition coefficient (Wildman–Crippen LogP) is -0.249. The number of carbonyl (C=O) groups is 4. The van der Waals surface area contributed by atoms with Crippen molar-refractivity contribution in [1.82, 2.24) is 15.5 Å². The smallest absolute Gasteiger partial charge is 0.326 e.